The minimum atomic E-state index is -4.70. The third kappa shape index (κ3) is 5.81. The van der Waals surface area contributed by atoms with Crippen molar-refractivity contribution in [3.8, 4) is 11.5 Å². The Bertz CT molecular complexity index is 450. The quantitative estimate of drug-likeness (QED) is 0.812. The molecule has 2 N–H and O–H groups in total. The first-order valence-electron chi connectivity index (χ1n) is 6.52. The van der Waals surface area contributed by atoms with Crippen molar-refractivity contribution in [2.24, 2.45) is 0 Å². The van der Waals surface area contributed by atoms with Crippen LogP contribution in [0.2, 0.25) is 0 Å². The van der Waals surface area contributed by atoms with E-state index in [1.807, 2.05) is 13.8 Å². The minimum absolute atomic E-state index is 0.223. The predicted octanol–water partition coefficient (Wildman–Crippen LogP) is 2.50. The second-order valence-electron chi connectivity index (χ2n) is 4.88. The summed E-state index contributed by atoms with van der Waals surface area (Å²) in [5.41, 5.74) is 0.693. The van der Waals surface area contributed by atoms with E-state index in [9.17, 15) is 13.2 Å². The van der Waals surface area contributed by atoms with Gasteiger partial charge in [0.25, 0.3) is 0 Å². The second-order valence-corrected chi connectivity index (χ2v) is 4.88. The van der Waals surface area contributed by atoms with Gasteiger partial charge in [0.05, 0.1) is 7.11 Å². The maximum absolute atomic E-state index is 12.3. The van der Waals surface area contributed by atoms with E-state index in [4.69, 9.17) is 14.6 Å². The van der Waals surface area contributed by atoms with E-state index in [0.717, 1.165) is 0 Å². The van der Waals surface area contributed by atoms with Crippen LogP contribution < -0.4 is 14.8 Å². The average Bonchev–Trinajstić information content (AvgIpc) is 2.41. The SMILES string of the molecule is COc1ccc(CNC(C)C)c(OCC(O)C(F)(F)F)c1. The average molecular weight is 307 g/mol. The van der Waals surface area contributed by atoms with Crippen LogP contribution in [-0.4, -0.2) is 37.1 Å². The topological polar surface area (TPSA) is 50.7 Å². The van der Waals surface area contributed by atoms with Crippen LogP contribution in [0.4, 0.5) is 13.2 Å². The molecule has 1 atom stereocenters. The molecule has 0 aliphatic heterocycles. The molecule has 0 bridgehead atoms. The van der Waals surface area contributed by atoms with E-state index in [1.54, 1.807) is 12.1 Å². The molecule has 0 aromatic heterocycles. The standard InChI is InChI=1S/C14H20F3NO3/c1-9(2)18-7-10-4-5-11(20-3)6-12(10)21-8-13(19)14(15,16)17/h4-6,9,13,18-19H,7-8H2,1-3H3. The Morgan fingerprint density at radius 2 is 1.95 bits per heavy atom. The van der Waals surface area contributed by atoms with Gasteiger partial charge in [-0.15, -0.1) is 0 Å². The van der Waals surface area contributed by atoms with Crippen molar-refractivity contribution >= 4 is 0 Å². The number of halogens is 3. The Morgan fingerprint density at radius 3 is 2.48 bits per heavy atom. The molecule has 1 unspecified atom stereocenters. The molecule has 0 heterocycles. The van der Waals surface area contributed by atoms with Gasteiger partial charge in [-0.1, -0.05) is 19.9 Å². The van der Waals surface area contributed by atoms with Crippen LogP contribution in [0.15, 0.2) is 18.2 Å². The summed E-state index contributed by atoms with van der Waals surface area (Å²) in [6.45, 7) is 3.50. The lowest BCUT2D eigenvalue weighted by Gasteiger charge is -2.18. The number of aliphatic hydroxyl groups excluding tert-OH is 1. The highest BCUT2D eigenvalue weighted by Crippen LogP contribution is 2.27. The molecule has 1 aromatic rings. The molecule has 0 radical (unpaired) electrons. The molecule has 21 heavy (non-hydrogen) atoms. The molecule has 0 spiro atoms. The number of methoxy groups -OCH3 is 1. The zero-order valence-corrected chi connectivity index (χ0v) is 12.2. The van der Waals surface area contributed by atoms with E-state index in [1.165, 1.54) is 13.2 Å². The van der Waals surface area contributed by atoms with E-state index < -0.39 is 18.9 Å². The Morgan fingerprint density at radius 1 is 1.29 bits per heavy atom. The van der Waals surface area contributed by atoms with Gasteiger partial charge in [-0.05, 0) is 6.07 Å². The zero-order chi connectivity index (χ0) is 16.0. The first kappa shape index (κ1) is 17.6. The third-order valence-corrected chi connectivity index (χ3v) is 2.75. The smallest absolute Gasteiger partial charge is 0.417 e. The minimum Gasteiger partial charge on any atom is -0.497 e. The zero-order valence-electron chi connectivity index (χ0n) is 12.2. The molecule has 0 saturated carbocycles. The van der Waals surface area contributed by atoms with Gasteiger partial charge >= 0.3 is 6.18 Å². The van der Waals surface area contributed by atoms with E-state index in [0.29, 0.717) is 17.9 Å². The van der Waals surface area contributed by atoms with Crippen LogP contribution in [0.5, 0.6) is 11.5 Å². The summed E-state index contributed by atoms with van der Waals surface area (Å²) < 4.78 is 47.0. The number of alkyl halides is 3. The highest BCUT2D eigenvalue weighted by molar-refractivity contribution is 5.40. The van der Waals surface area contributed by atoms with Crippen molar-refractivity contribution < 1.29 is 27.8 Å². The normalized spacial score (nSPS) is 13.3. The van der Waals surface area contributed by atoms with Crippen molar-refractivity contribution in [2.45, 2.75) is 38.7 Å². The first-order valence-corrected chi connectivity index (χ1v) is 6.52. The van der Waals surface area contributed by atoms with E-state index in [-0.39, 0.29) is 11.8 Å². The van der Waals surface area contributed by atoms with Gasteiger partial charge in [0, 0.05) is 24.2 Å². The fourth-order valence-corrected chi connectivity index (χ4v) is 1.52. The molecule has 0 aliphatic carbocycles. The van der Waals surface area contributed by atoms with Crippen molar-refractivity contribution in [1.29, 1.82) is 0 Å². The molecule has 1 aromatic carbocycles. The van der Waals surface area contributed by atoms with Crippen LogP contribution in [-0.2, 0) is 6.54 Å². The summed E-state index contributed by atoms with van der Waals surface area (Å²) >= 11 is 0. The molecule has 120 valence electrons. The number of benzene rings is 1. The lowest BCUT2D eigenvalue weighted by molar-refractivity contribution is -0.210. The van der Waals surface area contributed by atoms with Crippen molar-refractivity contribution in [3.63, 3.8) is 0 Å². The molecule has 0 amide bonds. The largest absolute Gasteiger partial charge is 0.497 e. The van der Waals surface area contributed by atoms with Crippen LogP contribution >= 0.6 is 0 Å². The van der Waals surface area contributed by atoms with E-state index in [2.05, 4.69) is 5.32 Å². The maximum atomic E-state index is 12.3. The van der Waals surface area contributed by atoms with Crippen molar-refractivity contribution in [2.75, 3.05) is 13.7 Å². The van der Waals surface area contributed by atoms with Gasteiger partial charge < -0.3 is 19.9 Å². The molecular weight excluding hydrogens is 287 g/mol. The first-order chi connectivity index (χ1) is 9.74. The fraction of sp³-hybridized carbons (Fsp3) is 0.571. The lowest BCUT2D eigenvalue weighted by atomic mass is 10.1. The summed E-state index contributed by atoms with van der Waals surface area (Å²) in [7, 11) is 1.45. The molecule has 0 saturated heterocycles. The Balaban J connectivity index is 2.81. The summed E-state index contributed by atoms with van der Waals surface area (Å²) in [6, 6.07) is 5.13. The van der Waals surface area contributed by atoms with Crippen LogP contribution in [0.3, 0.4) is 0 Å². The van der Waals surface area contributed by atoms with Gasteiger partial charge in [-0.25, -0.2) is 0 Å². The van der Waals surface area contributed by atoms with Gasteiger partial charge in [-0.2, -0.15) is 13.2 Å². The Hall–Kier alpha value is -1.47. The molecule has 0 aliphatic rings. The van der Waals surface area contributed by atoms with Crippen LogP contribution in [0.1, 0.15) is 19.4 Å². The van der Waals surface area contributed by atoms with Crippen molar-refractivity contribution in [1.82, 2.24) is 5.32 Å². The van der Waals surface area contributed by atoms with Crippen molar-refractivity contribution in [3.05, 3.63) is 23.8 Å². The Kier molecular flexibility index (Phi) is 6.29. The predicted molar refractivity (Wildman–Crippen MR) is 72.5 cm³/mol. The van der Waals surface area contributed by atoms with Gasteiger partial charge in [0.2, 0.25) is 0 Å². The summed E-state index contributed by atoms with van der Waals surface area (Å²) in [4.78, 5) is 0. The lowest BCUT2D eigenvalue weighted by Crippen LogP contribution is -2.34. The summed E-state index contributed by atoms with van der Waals surface area (Å²) in [6.07, 6.45) is -7.22. The van der Waals surface area contributed by atoms with Crippen LogP contribution in [0.25, 0.3) is 0 Å². The number of hydrogen-bond donors (Lipinski definition) is 2. The van der Waals surface area contributed by atoms with Gasteiger partial charge in [0.15, 0.2) is 6.10 Å². The summed E-state index contributed by atoms with van der Waals surface area (Å²) in [5, 5.41) is 12.1. The maximum Gasteiger partial charge on any atom is 0.417 e. The number of rotatable bonds is 7. The Labute approximate surface area is 121 Å². The highest BCUT2D eigenvalue weighted by Gasteiger charge is 2.38. The molecular formula is C14H20F3NO3. The molecule has 4 nitrogen and oxygen atoms in total. The van der Waals surface area contributed by atoms with Crippen LogP contribution in [0, 0.1) is 0 Å². The molecule has 0 fully saturated rings. The van der Waals surface area contributed by atoms with Gasteiger partial charge in [0.1, 0.15) is 18.1 Å². The number of hydrogen-bond acceptors (Lipinski definition) is 4. The summed E-state index contributed by atoms with van der Waals surface area (Å²) in [5.74, 6) is 0.727. The number of nitrogens with one attached hydrogen (secondary N) is 1. The number of aliphatic hydroxyl groups is 1. The van der Waals surface area contributed by atoms with E-state index >= 15 is 0 Å². The molecule has 1 rings (SSSR count). The third-order valence-electron chi connectivity index (χ3n) is 2.75. The highest BCUT2D eigenvalue weighted by atomic mass is 19.4. The fourth-order valence-electron chi connectivity index (χ4n) is 1.52. The van der Waals surface area contributed by atoms with Gasteiger partial charge in [-0.3, -0.25) is 0 Å². The second kappa shape index (κ2) is 7.51. The monoisotopic (exact) mass is 307 g/mol. The molecule has 7 heteroatoms. The number of ether oxygens (including phenoxy) is 2.